The van der Waals surface area contributed by atoms with Crippen LogP contribution in [-0.4, -0.2) is 36.1 Å². The molecule has 3 amide bonds. The molecular formula is C32H36BrN3O4. The van der Waals surface area contributed by atoms with Crippen LogP contribution in [0.2, 0.25) is 0 Å². The second-order valence-corrected chi connectivity index (χ2v) is 12.1. The maximum atomic E-state index is 13.4. The van der Waals surface area contributed by atoms with Crippen molar-refractivity contribution in [3.8, 4) is 11.1 Å². The minimum Gasteiger partial charge on any atom is -0.444 e. The third kappa shape index (κ3) is 7.10. The van der Waals surface area contributed by atoms with E-state index in [-0.39, 0.29) is 11.8 Å². The van der Waals surface area contributed by atoms with Crippen molar-refractivity contribution in [2.45, 2.75) is 65.6 Å². The number of ether oxygens (including phenoxy) is 1. The number of hydrogen-bond acceptors (Lipinski definition) is 4. The summed E-state index contributed by atoms with van der Waals surface area (Å²) in [7, 11) is 0. The van der Waals surface area contributed by atoms with E-state index < -0.39 is 17.7 Å². The number of alkyl carbamates (subject to hydrolysis) is 1. The number of halogens is 1. The number of carbonyl (C=O) groups is 3. The van der Waals surface area contributed by atoms with Crippen LogP contribution in [0, 0.1) is 13.8 Å². The van der Waals surface area contributed by atoms with E-state index >= 15 is 0 Å². The standard InChI is InChI=1S/C32H36BrN3O4/c1-20-17-25(33)18-21(2)28(20)36-16-8-11-27(30(36)38)35-29(37)23-14-12-22(13-15-23)26-10-7-6-9-24(26)19-34-31(39)40-32(3,4)5/h6-7,9-10,12-15,17-18,27H,8,11,16,19H2,1-5H3,(H,34,39)(H,35,37). The fourth-order valence-corrected chi connectivity index (χ4v) is 5.73. The molecule has 1 heterocycles. The average molecular weight is 607 g/mol. The van der Waals surface area contributed by atoms with Gasteiger partial charge in [-0.25, -0.2) is 4.79 Å². The minimum atomic E-state index is -0.581. The van der Waals surface area contributed by atoms with E-state index in [1.165, 1.54) is 0 Å². The van der Waals surface area contributed by atoms with Crippen LogP contribution in [-0.2, 0) is 16.1 Å². The molecule has 0 saturated carbocycles. The molecule has 1 aliphatic rings. The Labute approximate surface area is 244 Å². The smallest absolute Gasteiger partial charge is 0.407 e. The van der Waals surface area contributed by atoms with Crippen molar-refractivity contribution in [1.29, 1.82) is 0 Å². The Kier molecular flexibility index (Phi) is 8.98. The van der Waals surface area contributed by atoms with Gasteiger partial charge in [-0.1, -0.05) is 52.3 Å². The van der Waals surface area contributed by atoms with E-state index in [0.29, 0.717) is 25.1 Å². The summed E-state index contributed by atoms with van der Waals surface area (Å²) in [6.07, 6.45) is 0.931. The van der Waals surface area contributed by atoms with E-state index in [0.717, 1.165) is 44.4 Å². The largest absolute Gasteiger partial charge is 0.444 e. The molecule has 4 rings (SSSR count). The molecule has 0 spiro atoms. The average Bonchev–Trinajstić information content (AvgIpc) is 2.88. The van der Waals surface area contributed by atoms with Gasteiger partial charge in [0.05, 0.1) is 0 Å². The summed E-state index contributed by atoms with van der Waals surface area (Å²) in [6.45, 7) is 10.4. The zero-order chi connectivity index (χ0) is 29.0. The van der Waals surface area contributed by atoms with Crippen molar-refractivity contribution >= 4 is 39.5 Å². The molecule has 0 aromatic heterocycles. The second kappa shape index (κ2) is 12.3. The summed E-state index contributed by atoms with van der Waals surface area (Å²) < 4.78 is 6.32. The number of carbonyl (C=O) groups excluding carboxylic acids is 3. The van der Waals surface area contributed by atoms with E-state index in [4.69, 9.17) is 4.74 Å². The lowest BCUT2D eigenvalue weighted by atomic mass is 9.98. The molecule has 0 radical (unpaired) electrons. The van der Waals surface area contributed by atoms with Gasteiger partial charge in [0.1, 0.15) is 11.6 Å². The Hall–Kier alpha value is -3.65. The fourth-order valence-electron chi connectivity index (χ4n) is 5.04. The normalized spacial score (nSPS) is 15.5. The van der Waals surface area contributed by atoms with E-state index in [2.05, 4.69) is 26.6 Å². The molecule has 2 N–H and O–H groups in total. The number of benzene rings is 3. The first-order valence-electron chi connectivity index (χ1n) is 13.5. The van der Waals surface area contributed by atoms with Crippen LogP contribution >= 0.6 is 15.9 Å². The third-order valence-corrected chi connectivity index (χ3v) is 7.23. The quantitative estimate of drug-likeness (QED) is 0.328. The van der Waals surface area contributed by atoms with Gasteiger partial charge in [0.15, 0.2) is 0 Å². The van der Waals surface area contributed by atoms with Crippen molar-refractivity contribution in [3.05, 3.63) is 87.4 Å². The molecular weight excluding hydrogens is 570 g/mol. The van der Waals surface area contributed by atoms with Crippen LogP contribution in [0.15, 0.2) is 65.1 Å². The summed E-state index contributed by atoms with van der Waals surface area (Å²) in [5.41, 5.74) is 5.65. The molecule has 210 valence electrons. The lowest BCUT2D eigenvalue weighted by Gasteiger charge is -2.34. The van der Waals surface area contributed by atoms with Gasteiger partial charge in [-0.15, -0.1) is 0 Å². The highest BCUT2D eigenvalue weighted by Crippen LogP contribution is 2.31. The Bertz CT molecular complexity index is 1390. The van der Waals surface area contributed by atoms with E-state index in [1.807, 2.05) is 83.1 Å². The van der Waals surface area contributed by atoms with Gasteiger partial charge in [0, 0.05) is 28.8 Å². The summed E-state index contributed by atoms with van der Waals surface area (Å²) in [6, 6.07) is 18.5. The summed E-state index contributed by atoms with van der Waals surface area (Å²) in [4.78, 5) is 40.5. The van der Waals surface area contributed by atoms with Crippen LogP contribution < -0.4 is 15.5 Å². The number of amides is 3. The second-order valence-electron chi connectivity index (χ2n) is 11.1. The number of nitrogens with one attached hydrogen (secondary N) is 2. The Morgan fingerprint density at radius 2 is 1.68 bits per heavy atom. The van der Waals surface area contributed by atoms with Gasteiger partial charge in [-0.2, -0.15) is 0 Å². The minimum absolute atomic E-state index is 0.0869. The third-order valence-electron chi connectivity index (χ3n) is 6.77. The summed E-state index contributed by atoms with van der Waals surface area (Å²) >= 11 is 3.52. The highest BCUT2D eigenvalue weighted by molar-refractivity contribution is 9.10. The maximum absolute atomic E-state index is 13.4. The van der Waals surface area contributed by atoms with Crippen LogP contribution in [0.4, 0.5) is 10.5 Å². The zero-order valence-electron chi connectivity index (χ0n) is 23.6. The van der Waals surface area contributed by atoms with E-state index in [1.54, 1.807) is 17.0 Å². The van der Waals surface area contributed by atoms with E-state index in [9.17, 15) is 14.4 Å². The number of piperidine rings is 1. The van der Waals surface area contributed by atoms with Crippen molar-refractivity contribution in [1.82, 2.24) is 10.6 Å². The van der Waals surface area contributed by atoms with Gasteiger partial charge < -0.3 is 20.3 Å². The lowest BCUT2D eigenvalue weighted by Crippen LogP contribution is -2.52. The number of hydrogen-bond donors (Lipinski definition) is 2. The Morgan fingerprint density at radius 3 is 2.33 bits per heavy atom. The zero-order valence-corrected chi connectivity index (χ0v) is 25.2. The van der Waals surface area contributed by atoms with Gasteiger partial charge in [-0.3, -0.25) is 9.59 Å². The van der Waals surface area contributed by atoms with Crippen molar-refractivity contribution in [2.75, 3.05) is 11.4 Å². The molecule has 1 unspecified atom stereocenters. The number of rotatable bonds is 6. The van der Waals surface area contributed by atoms with Crippen molar-refractivity contribution in [3.63, 3.8) is 0 Å². The maximum Gasteiger partial charge on any atom is 0.407 e. The Morgan fingerprint density at radius 1 is 1.02 bits per heavy atom. The first-order chi connectivity index (χ1) is 18.9. The molecule has 8 heteroatoms. The van der Waals surface area contributed by atoms with Gasteiger partial charge in [0.25, 0.3) is 5.91 Å². The lowest BCUT2D eigenvalue weighted by molar-refractivity contribution is -0.121. The fraction of sp³-hybridized carbons (Fsp3) is 0.344. The van der Waals surface area contributed by atoms with Crippen molar-refractivity contribution in [2.24, 2.45) is 0 Å². The predicted molar refractivity (Wildman–Crippen MR) is 161 cm³/mol. The summed E-state index contributed by atoms with van der Waals surface area (Å²) in [5, 5.41) is 5.76. The van der Waals surface area contributed by atoms with Gasteiger partial charge >= 0.3 is 6.09 Å². The Balaban J connectivity index is 1.44. The number of nitrogens with zero attached hydrogens (tertiary/aromatic N) is 1. The molecule has 1 aliphatic heterocycles. The van der Waals surface area contributed by atoms with Crippen LogP contribution in [0.3, 0.4) is 0 Å². The molecule has 0 aliphatic carbocycles. The first kappa shape index (κ1) is 29.3. The molecule has 1 fully saturated rings. The molecule has 3 aromatic carbocycles. The highest BCUT2D eigenvalue weighted by Gasteiger charge is 2.32. The van der Waals surface area contributed by atoms with Crippen molar-refractivity contribution < 1.29 is 19.1 Å². The van der Waals surface area contributed by atoms with Crippen LogP contribution in [0.1, 0.15) is 60.7 Å². The molecule has 1 saturated heterocycles. The summed E-state index contributed by atoms with van der Waals surface area (Å²) in [5.74, 6) is -0.368. The molecule has 0 bridgehead atoms. The highest BCUT2D eigenvalue weighted by atomic mass is 79.9. The number of aryl methyl sites for hydroxylation is 2. The number of anilines is 1. The predicted octanol–water partition coefficient (Wildman–Crippen LogP) is 6.68. The topological polar surface area (TPSA) is 87.7 Å². The van der Waals surface area contributed by atoms with Crippen LogP contribution in [0.5, 0.6) is 0 Å². The molecule has 1 atom stereocenters. The molecule has 3 aromatic rings. The van der Waals surface area contributed by atoms with Crippen LogP contribution in [0.25, 0.3) is 11.1 Å². The SMILES string of the molecule is Cc1cc(Br)cc(C)c1N1CCCC(NC(=O)c2ccc(-c3ccccc3CNC(=O)OC(C)(C)C)cc2)C1=O. The van der Waals surface area contributed by atoms with Gasteiger partial charge in [0.2, 0.25) is 5.91 Å². The monoisotopic (exact) mass is 605 g/mol. The molecule has 40 heavy (non-hydrogen) atoms. The van der Waals surface area contributed by atoms with Gasteiger partial charge in [-0.05, 0) is 99.5 Å². The molecule has 7 nitrogen and oxygen atoms in total. The first-order valence-corrected chi connectivity index (χ1v) is 14.3.